The number of ether oxygens (including phenoxy) is 2. The summed E-state index contributed by atoms with van der Waals surface area (Å²) < 4.78 is 40.4. The molecule has 1 N–H and O–H groups in total. The highest BCUT2D eigenvalue weighted by molar-refractivity contribution is 7.92. The minimum absolute atomic E-state index is 0.0750. The Hall–Kier alpha value is -4.25. The molecule has 4 aromatic rings. The van der Waals surface area contributed by atoms with E-state index in [0.29, 0.717) is 21.4 Å². The molecule has 48 heavy (non-hydrogen) atoms. The Morgan fingerprint density at radius 3 is 2.00 bits per heavy atom. The van der Waals surface area contributed by atoms with Gasteiger partial charge in [-0.3, -0.25) is 13.9 Å². The molecule has 0 saturated heterocycles. The van der Waals surface area contributed by atoms with Gasteiger partial charge in [-0.05, 0) is 74.9 Å². The minimum atomic E-state index is -4.37. The SMILES string of the molecule is COc1ccc(S(=O)(=O)N(CC(=O)N(Cc2c(Cl)cccc2Cl)[C@@H](Cc2ccccc2)C(=O)NC(C)(C)C)c2ccccc2OC)cc1. The lowest BCUT2D eigenvalue weighted by Crippen LogP contribution is -2.56. The quantitative estimate of drug-likeness (QED) is 0.164. The van der Waals surface area contributed by atoms with Gasteiger partial charge in [0.1, 0.15) is 24.1 Å². The van der Waals surface area contributed by atoms with Crippen molar-refractivity contribution in [3.05, 3.63) is 118 Å². The number of sulfonamides is 1. The van der Waals surface area contributed by atoms with Crippen LogP contribution in [0.5, 0.6) is 11.5 Å². The average molecular weight is 713 g/mol. The van der Waals surface area contributed by atoms with Crippen LogP contribution in [-0.4, -0.2) is 57.5 Å². The third-order valence-electron chi connectivity index (χ3n) is 7.44. The van der Waals surface area contributed by atoms with Crippen molar-refractivity contribution in [1.29, 1.82) is 0 Å². The van der Waals surface area contributed by atoms with Gasteiger partial charge in [0, 0.05) is 34.1 Å². The van der Waals surface area contributed by atoms with Gasteiger partial charge in [-0.15, -0.1) is 0 Å². The van der Waals surface area contributed by atoms with E-state index < -0.39 is 40.0 Å². The van der Waals surface area contributed by atoms with Gasteiger partial charge in [-0.25, -0.2) is 8.42 Å². The van der Waals surface area contributed by atoms with Crippen molar-refractivity contribution >= 4 is 50.7 Å². The van der Waals surface area contributed by atoms with E-state index >= 15 is 0 Å². The Balaban J connectivity index is 1.88. The third-order valence-corrected chi connectivity index (χ3v) is 9.92. The normalized spacial score (nSPS) is 12.1. The molecule has 0 aliphatic heterocycles. The van der Waals surface area contributed by atoms with Crippen LogP contribution in [0.1, 0.15) is 31.9 Å². The molecule has 0 saturated carbocycles. The lowest BCUT2D eigenvalue weighted by Gasteiger charge is -2.35. The molecule has 9 nitrogen and oxygen atoms in total. The predicted octanol–water partition coefficient (Wildman–Crippen LogP) is 6.76. The van der Waals surface area contributed by atoms with E-state index in [1.54, 1.807) is 42.5 Å². The van der Waals surface area contributed by atoms with Crippen LogP contribution in [-0.2, 0) is 32.6 Å². The summed E-state index contributed by atoms with van der Waals surface area (Å²) >= 11 is 13.2. The largest absolute Gasteiger partial charge is 0.497 e. The standard InChI is InChI=1S/C36H39Cl2N3O6S/c1-36(2,3)39-35(43)32(22-25-12-7-6-8-13-25)40(23-28-29(37)14-11-15-30(28)38)34(42)24-41(31-16-9-10-17-33(31)47-5)48(44,45)27-20-18-26(46-4)19-21-27/h6-21,32H,22-24H2,1-5H3,(H,39,43)/t32-/m0/s1. The zero-order valence-electron chi connectivity index (χ0n) is 27.4. The van der Waals surface area contributed by atoms with Crippen LogP contribution >= 0.6 is 23.2 Å². The molecule has 0 aliphatic rings. The number of nitrogens with zero attached hydrogens (tertiary/aromatic N) is 2. The van der Waals surface area contributed by atoms with Crippen molar-refractivity contribution in [2.24, 2.45) is 0 Å². The van der Waals surface area contributed by atoms with Gasteiger partial charge < -0.3 is 19.7 Å². The highest BCUT2D eigenvalue weighted by atomic mass is 35.5. The topological polar surface area (TPSA) is 105 Å². The van der Waals surface area contributed by atoms with Gasteiger partial charge in [0.05, 0.1) is 24.8 Å². The number of amides is 2. The molecule has 254 valence electrons. The maximum absolute atomic E-state index is 14.7. The Kier molecular flexibility index (Phi) is 12.0. The summed E-state index contributed by atoms with van der Waals surface area (Å²) in [6, 6.07) is 25.5. The minimum Gasteiger partial charge on any atom is -0.497 e. The number of para-hydroxylation sites is 2. The van der Waals surface area contributed by atoms with Crippen molar-refractivity contribution in [1.82, 2.24) is 10.2 Å². The number of hydrogen-bond acceptors (Lipinski definition) is 6. The van der Waals surface area contributed by atoms with Crippen molar-refractivity contribution < 1.29 is 27.5 Å². The predicted molar refractivity (Wildman–Crippen MR) is 189 cm³/mol. The van der Waals surface area contributed by atoms with Crippen LogP contribution < -0.4 is 19.1 Å². The Bertz CT molecular complexity index is 1810. The number of halogens is 2. The number of carbonyl (C=O) groups is 2. The number of nitrogens with one attached hydrogen (secondary N) is 1. The molecule has 4 rings (SSSR count). The summed E-state index contributed by atoms with van der Waals surface area (Å²) in [4.78, 5) is 30.1. The van der Waals surface area contributed by atoms with E-state index in [4.69, 9.17) is 32.7 Å². The Morgan fingerprint density at radius 1 is 0.812 bits per heavy atom. The average Bonchev–Trinajstić information content (AvgIpc) is 3.05. The number of benzene rings is 4. The first-order chi connectivity index (χ1) is 22.7. The summed E-state index contributed by atoms with van der Waals surface area (Å²) in [5, 5.41) is 3.59. The molecule has 0 heterocycles. The van der Waals surface area contributed by atoms with Crippen LogP contribution in [0.2, 0.25) is 10.0 Å². The fraction of sp³-hybridized carbons (Fsp3) is 0.278. The maximum atomic E-state index is 14.7. The zero-order valence-corrected chi connectivity index (χ0v) is 29.8. The summed E-state index contributed by atoms with van der Waals surface area (Å²) in [5.41, 5.74) is 0.711. The van der Waals surface area contributed by atoms with Gasteiger partial charge in [-0.1, -0.05) is 71.7 Å². The molecule has 1 atom stereocenters. The monoisotopic (exact) mass is 711 g/mol. The number of carbonyl (C=O) groups excluding carboxylic acids is 2. The second-order valence-corrected chi connectivity index (χ2v) is 14.7. The molecule has 0 bridgehead atoms. The first kappa shape index (κ1) is 36.6. The van der Waals surface area contributed by atoms with E-state index in [2.05, 4.69) is 5.32 Å². The van der Waals surface area contributed by atoms with Crippen LogP contribution in [0.15, 0.2) is 102 Å². The highest BCUT2D eigenvalue weighted by Gasteiger charge is 2.37. The van der Waals surface area contributed by atoms with Gasteiger partial charge in [0.2, 0.25) is 11.8 Å². The van der Waals surface area contributed by atoms with Gasteiger partial charge in [0.25, 0.3) is 10.0 Å². The van der Waals surface area contributed by atoms with E-state index in [1.807, 2.05) is 51.1 Å². The molecule has 0 radical (unpaired) electrons. The van der Waals surface area contributed by atoms with Gasteiger partial charge in [-0.2, -0.15) is 0 Å². The number of methoxy groups -OCH3 is 2. The van der Waals surface area contributed by atoms with E-state index in [0.717, 1.165) is 9.87 Å². The molecule has 12 heteroatoms. The molecule has 2 amide bonds. The van der Waals surface area contributed by atoms with Crippen LogP contribution in [0, 0.1) is 0 Å². The Morgan fingerprint density at radius 2 is 1.42 bits per heavy atom. The van der Waals surface area contributed by atoms with Crippen molar-refractivity contribution in [2.45, 2.75) is 50.2 Å². The van der Waals surface area contributed by atoms with Crippen LogP contribution in [0.3, 0.4) is 0 Å². The van der Waals surface area contributed by atoms with Gasteiger partial charge >= 0.3 is 0 Å². The summed E-state index contributed by atoms with van der Waals surface area (Å²) in [7, 11) is -1.47. The molecule has 0 unspecified atom stereocenters. The smallest absolute Gasteiger partial charge is 0.264 e. The highest BCUT2D eigenvalue weighted by Crippen LogP contribution is 2.34. The van der Waals surface area contributed by atoms with Gasteiger partial charge in [0.15, 0.2) is 0 Å². The van der Waals surface area contributed by atoms with Crippen molar-refractivity contribution in [2.75, 3.05) is 25.1 Å². The fourth-order valence-corrected chi connectivity index (χ4v) is 7.03. The molecule has 0 aliphatic carbocycles. The molecule has 0 aromatic heterocycles. The van der Waals surface area contributed by atoms with Crippen LogP contribution in [0.25, 0.3) is 0 Å². The Labute approximate surface area is 292 Å². The third kappa shape index (κ3) is 9.00. The molecular formula is C36H39Cl2N3O6S. The summed E-state index contributed by atoms with van der Waals surface area (Å²) in [5.74, 6) is -0.400. The molecule has 0 spiro atoms. The summed E-state index contributed by atoms with van der Waals surface area (Å²) in [6.07, 6.45) is 0.135. The van der Waals surface area contributed by atoms with E-state index in [1.165, 1.54) is 43.4 Å². The molecule has 0 fully saturated rings. The first-order valence-corrected chi connectivity index (χ1v) is 17.3. The second-order valence-electron chi connectivity index (χ2n) is 12.0. The zero-order chi connectivity index (χ0) is 35.1. The lowest BCUT2D eigenvalue weighted by atomic mass is 10.0. The fourth-order valence-electron chi connectivity index (χ4n) is 5.08. The first-order valence-electron chi connectivity index (χ1n) is 15.1. The van der Waals surface area contributed by atoms with E-state index in [9.17, 15) is 18.0 Å². The summed E-state index contributed by atoms with van der Waals surface area (Å²) in [6.45, 7) is 4.67. The number of anilines is 1. The molecular weight excluding hydrogens is 673 g/mol. The maximum Gasteiger partial charge on any atom is 0.264 e. The lowest BCUT2D eigenvalue weighted by molar-refractivity contribution is -0.140. The number of rotatable bonds is 13. The van der Waals surface area contributed by atoms with Crippen LogP contribution in [0.4, 0.5) is 5.69 Å². The second kappa shape index (κ2) is 15.8. The molecule has 4 aromatic carbocycles. The number of hydrogen-bond donors (Lipinski definition) is 1. The van der Waals surface area contributed by atoms with E-state index in [-0.39, 0.29) is 29.3 Å². The van der Waals surface area contributed by atoms with Crippen molar-refractivity contribution in [3.63, 3.8) is 0 Å². The van der Waals surface area contributed by atoms with Crippen molar-refractivity contribution in [3.8, 4) is 11.5 Å².